The van der Waals surface area contributed by atoms with Crippen molar-refractivity contribution in [1.82, 2.24) is 0 Å². The van der Waals surface area contributed by atoms with Gasteiger partial charge in [-0.2, -0.15) is 4.39 Å². The molecule has 0 saturated carbocycles. The van der Waals surface area contributed by atoms with E-state index in [4.69, 9.17) is 14.2 Å². The predicted molar refractivity (Wildman–Crippen MR) is 190 cm³/mol. The van der Waals surface area contributed by atoms with E-state index in [9.17, 15) is 23.6 Å². The fourth-order valence-corrected chi connectivity index (χ4v) is 5.03. The van der Waals surface area contributed by atoms with Gasteiger partial charge in [-0.3, -0.25) is 0 Å². The summed E-state index contributed by atoms with van der Waals surface area (Å²) in [6.45, 7) is 6.12. The van der Waals surface area contributed by atoms with E-state index in [1.165, 1.54) is 29.3 Å². The highest BCUT2D eigenvalue weighted by Gasteiger charge is 2.21. The van der Waals surface area contributed by atoms with Gasteiger partial charge in [0.25, 0.3) is 0 Å². The van der Waals surface area contributed by atoms with Crippen LogP contribution in [0.5, 0.6) is 11.5 Å². The van der Waals surface area contributed by atoms with Crippen molar-refractivity contribution in [2.75, 3.05) is 13.2 Å². The summed E-state index contributed by atoms with van der Waals surface area (Å²) in [6, 6.07) is 33.8. The van der Waals surface area contributed by atoms with E-state index in [-0.39, 0.29) is 28.2 Å². The van der Waals surface area contributed by atoms with Crippen molar-refractivity contribution in [3.63, 3.8) is 0 Å². The molecule has 0 unspecified atom stereocenters. The van der Waals surface area contributed by atoms with Gasteiger partial charge < -0.3 is 18.9 Å². The Morgan fingerprint density at radius 1 is 0.549 bits per heavy atom. The number of esters is 4. The van der Waals surface area contributed by atoms with Crippen molar-refractivity contribution in [2.45, 2.75) is 26.7 Å². The Labute approximate surface area is 295 Å². The molecule has 0 aliphatic carbocycles. The molecule has 0 N–H and O–H groups in total. The third-order valence-corrected chi connectivity index (χ3v) is 7.99. The zero-order valence-electron chi connectivity index (χ0n) is 28.1. The Balaban J connectivity index is 1.31. The van der Waals surface area contributed by atoms with Crippen LogP contribution in [0.3, 0.4) is 0 Å². The minimum absolute atomic E-state index is 0.0235. The quantitative estimate of drug-likeness (QED) is 0.0524. The normalized spacial score (nSPS) is 10.6. The van der Waals surface area contributed by atoms with Crippen LogP contribution in [0.1, 0.15) is 56.0 Å². The number of carbonyl (C=O) groups is 4. The zero-order valence-corrected chi connectivity index (χ0v) is 28.1. The Hall–Kier alpha value is -6.35. The molecule has 0 saturated heterocycles. The first-order valence-electron chi connectivity index (χ1n) is 16.3. The number of rotatable bonds is 13. The van der Waals surface area contributed by atoms with Gasteiger partial charge in [-0.1, -0.05) is 93.2 Å². The summed E-state index contributed by atoms with van der Waals surface area (Å²) in [5.74, 6) is -5.19. The van der Waals surface area contributed by atoms with E-state index >= 15 is 0 Å². The van der Waals surface area contributed by atoms with Crippen LogP contribution in [-0.4, -0.2) is 37.1 Å². The van der Waals surface area contributed by atoms with Crippen molar-refractivity contribution in [3.8, 4) is 33.8 Å². The van der Waals surface area contributed by atoms with Crippen LogP contribution >= 0.6 is 0 Å². The van der Waals surface area contributed by atoms with E-state index in [0.717, 1.165) is 35.1 Å². The SMILES string of the molecule is C=C(F)C(=O)OCCOC(=O)c1cc(OC(=O)c2ccc(-c3ccc(CC)cc3)cc2)ccc1OC(=O)c1ccc(-c2ccc(CC)cc2)cc1. The van der Waals surface area contributed by atoms with Crippen molar-refractivity contribution < 1.29 is 42.5 Å². The van der Waals surface area contributed by atoms with Gasteiger partial charge in [-0.05, 0) is 88.7 Å². The van der Waals surface area contributed by atoms with Gasteiger partial charge in [0.15, 0.2) is 0 Å². The smallest absolute Gasteiger partial charge is 0.366 e. The maximum atomic E-state index is 13.2. The molecule has 5 aromatic carbocycles. The molecule has 0 radical (unpaired) electrons. The summed E-state index contributed by atoms with van der Waals surface area (Å²) < 4.78 is 33.9. The molecule has 0 aromatic heterocycles. The van der Waals surface area contributed by atoms with Gasteiger partial charge in [0, 0.05) is 0 Å². The van der Waals surface area contributed by atoms with Crippen molar-refractivity contribution >= 4 is 23.9 Å². The standard InChI is InChI=1S/C42H35FO8/c1-4-28-6-10-30(11-7-28)32-14-18-34(19-15-32)40(45)50-36-22-23-38(37(26-36)42(47)49-25-24-48-39(44)27(3)43)51-41(46)35-20-16-33(17-21-35)31-12-8-29(5-2)9-13-31/h6-23,26H,3-5,24-25H2,1-2H3. The van der Waals surface area contributed by atoms with Crippen LogP contribution in [0.4, 0.5) is 4.39 Å². The number of aryl methyl sites for hydroxylation is 2. The number of hydrogen-bond acceptors (Lipinski definition) is 8. The van der Waals surface area contributed by atoms with Gasteiger partial charge in [0.1, 0.15) is 30.3 Å². The summed E-state index contributed by atoms with van der Waals surface area (Å²) in [4.78, 5) is 50.7. The first-order chi connectivity index (χ1) is 24.6. The van der Waals surface area contributed by atoms with E-state index in [2.05, 4.69) is 37.3 Å². The molecule has 0 amide bonds. The average Bonchev–Trinajstić information content (AvgIpc) is 3.17. The summed E-state index contributed by atoms with van der Waals surface area (Å²) in [6.07, 6.45) is 1.86. The molecule has 5 rings (SSSR count). The molecule has 0 aliphatic rings. The van der Waals surface area contributed by atoms with Gasteiger partial charge in [0.2, 0.25) is 5.83 Å². The van der Waals surface area contributed by atoms with Gasteiger partial charge >= 0.3 is 23.9 Å². The molecule has 0 heterocycles. The van der Waals surface area contributed by atoms with Crippen LogP contribution in [-0.2, 0) is 27.1 Å². The number of benzene rings is 5. The van der Waals surface area contributed by atoms with Crippen LogP contribution in [0, 0.1) is 0 Å². The number of halogens is 1. The van der Waals surface area contributed by atoms with Crippen molar-refractivity contribution in [1.29, 1.82) is 0 Å². The molecule has 0 spiro atoms. The van der Waals surface area contributed by atoms with Crippen LogP contribution in [0.2, 0.25) is 0 Å². The lowest BCUT2D eigenvalue weighted by Gasteiger charge is -2.13. The van der Waals surface area contributed by atoms with Gasteiger partial charge in [-0.15, -0.1) is 0 Å². The van der Waals surface area contributed by atoms with Gasteiger partial charge in [-0.25, -0.2) is 19.2 Å². The Morgan fingerprint density at radius 3 is 1.43 bits per heavy atom. The van der Waals surface area contributed by atoms with Crippen LogP contribution in [0.25, 0.3) is 22.3 Å². The molecule has 0 fully saturated rings. The topological polar surface area (TPSA) is 105 Å². The minimum atomic E-state index is -1.30. The molecular formula is C42H35FO8. The lowest BCUT2D eigenvalue weighted by atomic mass is 10.0. The molecular weight excluding hydrogens is 651 g/mol. The molecule has 9 heteroatoms. The van der Waals surface area contributed by atoms with Crippen molar-refractivity contribution in [3.05, 3.63) is 155 Å². The first-order valence-corrected chi connectivity index (χ1v) is 16.3. The second-order valence-electron chi connectivity index (χ2n) is 11.4. The predicted octanol–water partition coefficient (Wildman–Crippen LogP) is 8.77. The third-order valence-electron chi connectivity index (χ3n) is 7.99. The highest BCUT2D eigenvalue weighted by atomic mass is 19.1. The summed E-state index contributed by atoms with van der Waals surface area (Å²) >= 11 is 0. The Morgan fingerprint density at radius 2 is 0.980 bits per heavy atom. The zero-order chi connectivity index (χ0) is 36.3. The van der Waals surface area contributed by atoms with E-state index in [1.54, 1.807) is 36.4 Å². The lowest BCUT2D eigenvalue weighted by Crippen LogP contribution is -2.17. The maximum Gasteiger partial charge on any atom is 0.366 e. The second kappa shape index (κ2) is 16.8. The third kappa shape index (κ3) is 9.42. The summed E-state index contributed by atoms with van der Waals surface area (Å²) in [5.41, 5.74) is 6.50. The van der Waals surface area contributed by atoms with Crippen LogP contribution in [0.15, 0.2) is 128 Å². The maximum absolute atomic E-state index is 13.2. The van der Waals surface area contributed by atoms with Gasteiger partial charge in [0.05, 0.1) is 11.1 Å². The molecule has 0 atom stereocenters. The Kier molecular flexibility index (Phi) is 11.9. The van der Waals surface area contributed by atoms with E-state index in [1.807, 2.05) is 48.5 Å². The number of carbonyl (C=O) groups excluding carboxylic acids is 4. The number of hydrogen-bond donors (Lipinski definition) is 0. The second-order valence-corrected chi connectivity index (χ2v) is 11.4. The lowest BCUT2D eigenvalue weighted by molar-refractivity contribution is -0.141. The Bertz CT molecular complexity index is 2030. The van der Waals surface area contributed by atoms with Crippen LogP contribution < -0.4 is 9.47 Å². The highest BCUT2D eigenvalue weighted by Crippen LogP contribution is 2.28. The summed E-state index contributed by atoms with van der Waals surface area (Å²) in [7, 11) is 0. The fourth-order valence-electron chi connectivity index (χ4n) is 5.03. The molecule has 0 bridgehead atoms. The minimum Gasteiger partial charge on any atom is -0.458 e. The van der Waals surface area contributed by atoms with E-state index in [0.29, 0.717) is 0 Å². The average molecular weight is 687 g/mol. The highest BCUT2D eigenvalue weighted by molar-refractivity contribution is 5.97. The largest absolute Gasteiger partial charge is 0.458 e. The number of ether oxygens (including phenoxy) is 4. The first kappa shape index (κ1) is 35.9. The molecule has 258 valence electrons. The molecule has 51 heavy (non-hydrogen) atoms. The molecule has 0 aliphatic heterocycles. The fraction of sp³-hybridized carbons (Fsp3) is 0.143. The molecule has 8 nitrogen and oxygen atoms in total. The molecule has 5 aromatic rings. The van der Waals surface area contributed by atoms with Crippen molar-refractivity contribution in [2.24, 2.45) is 0 Å². The monoisotopic (exact) mass is 686 g/mol. The summed E-state index contributed by atoms with van der Waals surface area (Å²) in [5, 5.41) is 0. The van der Waals surface area contributed by atoms with E-state index < -0.39 is 42.9 Å².